The lowest BCUT2D eigenvalue weighted by Gasteiger charge is -2.04. The van der Waals surface area contributed by atoms with Crippen molar-refractivity contribution in [2.45, 2.75) is 0 Å². The van der Waals surface area contributed by atoms with Gasteiger partial charge in [0, 0.05) is 6.20 Å². The molecule has 0 aromatic carbocycles. The minimum absolute atomic E-state index is 0.238. The molecule has 10 heavy (non-hydrogen) atoms. The van der Waals surface area contributed by atoms with E-state index in [0.29, 0.717) is 12.6 Å². The van der Waals surface area contributed by atoms with Gasteiger partial charge in [0.05, 0.1) is 0 Å². The van der Waals surface area contributed by atoms with Crippen LogP contribution in [-0.4, -0.2) is 21.4 Å². The van der Waals surface area contributed by atoms with Crippen LogP contribution in [0.3, 0.4) is 0 Å². The fourth-order valence-electron chi connectivity index (χ4n) is 0.786. The lowest BCUT2D eigenvalue weighted by atomic mass is 10.6. The number of anilines is 1. The summed E-state index contributed by atoms with van der Waals surface area (Å²) in [7, 11) is 0. The summed E-state index contributed by atoms with van der Waals surface area (Å²) in [5.74, 6) is 0.238. The Morgan fingerprint density at radius 3 is 3.40 bits per heavy atom. The number of hydrogen-bond acceptors (Lipinski definition) is 4. The van der Waals surface area contributed by atoms with Crippen LogP contribution in [0, 0.1) is 0 Å². The topological polar surface area (TPSA) is 66.0 Å². The number of hydrogen-bond donors (Lipinski definition) is 1. The smallest absolute Gasteiger partial charge is 0.321 e. The van der Waals surface area contributed by atoms with Crippen molar-refractivity contribution < 1.29 is 4.74 Å². The molecule has 0 radical (unpaired) electrons. The molecule has 0 atom stereocenters. The first-order valence-corrected chi connectivity index (χ1v) is 2.88. The Morgan fingerprint density at radius 1 is 1.70 bits per heavy atom. The molecule has 2 rings (SSSR count). The number of nitrogen functional groups attached to an aromatic ring is 1. The summed E-state index contributed by atoms with van der Waals surface area (Å²) in [6.45, 7) is 0.540. The van der Waals surface area contributed by atoms with Gasteiger partial charge in [-0.3, -0.25) is 0 Å². The molecule has 0 unspecified atom stereocenters. The molecule has 0 amide bonds. The van der Waals surface area contributed by atoms with Crippen molar-refractivity contribution >= 4 is 12.1 Å². The largest absolute Gasteiger partial charge is 0.459 e. The third kappa shape index (κ3) is 0.637. The summed E-state index contributed by atoms with van der Waals surface area (Å²) in [5, 5.41) is 3.82. The summed E-state index contributed by atoms with van der Waals surface area (Å²) in [6.07, 6.45) is 3.60. The van der Waals surface area contributed by atoms with Gasteiger partial charge < -0.3 is 10.5 Å². The van der Waals surface area contributed by atoms with Gasteiger partial charge in [0.1, 0.15) is 6.61 Å². The first-order chi connectivity index (χ1) is 4.86. The first kappa shape index (κ1) is 5.28. The second-order valence-corrected chi connectivity index (χ2v) is 1.89. The van der Waals surface area contributed by atoms with E-state index in [9.17, 15) is 0 Å². The number of rotatable bonds is 0. The summed E-state index contributed by atoms with van der Waals surface area (Å²) < 4.78 is 6.57. The van der Waals surface area contributed by atoms with Crippen LogP contribution in [-0.2, 0) is 0 Å². The zero-order chi connectivity index (χ0) is 6.97. The van der Waals surface area contributed by atoms with Gasteiger partial charge in [0.15, 0.2) is 0 Å². The van der Waals surface area contributed by atoms with Crippen molar-refractivity contribution in [3.63, 3.8) is 0 Å². The predicted molar refractivity (Wildman–Crippen MR) is 35.3 cm³/mol. The molecule has 0 saturated heterocycles. The average Bonchev–Trinajstić information content (AvgIpc) is 2.27. The van der Waals surface area contributed by atoms with Gasteiger partial charge in [-0.15, -0.1) is 5.10 Å². The van der Waals surface area contributed by atoms with Crippen molar-refractivity contribution in [2.75, 3.05) is 12.3 Å². The van der Waals surface area contributed by atoms with Crippen molar-refractivity contribution in [3.8, 4) is 6.01 Å². The van der Waals surface area contributed by atoms with E-state index in [-0.39, 0.29) is 5.95 Å². The maximum atomic E-state index is 5.30. The zero-order valence-electron chi connectivity index (χ0n) is 5.19. The maximum absolute atomic E-state index is 5.30. The Hall–Kier alpha value is -1.52. The lowest BCUT2D eigenvalue weighted by Crippen LogP contribution is -2.05. The predicted octanol–water partition coefficient (Wildman–Crippen LogP) is -0.277. The fraction of sp³-hybridized carbons (Fsp3) is 0.200. The molecule has 1 aliphatic heterocycles. The highest BCUT2D eigenvalue weighted by Crippen LogP contribution is 2.12. The Morgan fingerprint density at radius 2 is 2.60 bits per heavy atom. The number of aromatic nitrogens is 3. The van der Waals surface area contributed by atoms with Gasteiger partial charge in [0.2, 0.25) is 5.95 Å². The molecule has 1 aromatic heterocycles. The van der Waals surface area contributed by atoms with Gasteiger partial charge in [-0.25, -0.2) is 0 Å². The van der Waals surface area contributed by atoms with Crippen LogP contribution in [0.25, 0.3) is 6.20 Å². The van der Waals surface area contributed by atoms with E-state index in [2.05, 4.69) is 10.1 Å². The third-order valence-electron chi connectivity index (χ3n) is 1.17. The van der Waals surface area contributed by atoms with Crippen LogP contribution in [0.15, 0.2) is 6.08 Å². The maximum Gasteiger partial charge on any atom is 0.321 e. The van der Waals surface area contributed by atoms with E-state index < -0.39 is 0 Å². The molecule has 0 spiro atoms. The Kier molecular flexibility index (Phi) is 0.913. The number of fused-ring (bicyclic) bond motifs is 1. The molecule has 5 heteroatoms. The summed E-state index contributed by atoms with van der Waals surface area (Å²) >= 11 is 0. The summed E-state index contributed by atoms with van der Waals surface area (Å²) in [5.41, 5.74) is 5.30. The molecule has 1 aromatic rings. The summed E-state index contributed by atoms with van der Waals surface area (Å²) in [4.78, 5) is 3.81. The Labute approximate surface area is 57.1 Å². The van der Waals surface area contributed by atoms with Crippen LogP contribution in [0.5, 0.6) is 6.01 Å². The molecule has 0 bridgehead atoms. The lowest BCUT2D eigenvalue weighted by molar-refractivity contribution is 0.318. The van der Waals surface area contributed by atoms with Crippen molar-refractivity contribution in [1.82, 2.24) is 14.8 Å². The van der Waals surface area contributed by atoms with E-state index in [0.717, 1.165) is 0 Å². The highest BCUT2D eigenvalue weighted by atomic mass is 16.5. The molecule has 2 N–H and O–H groups in total. The summed E-state index contributed by atoms with van der Waals surface area (Å²) in [6, 6.07) is 0.458. The minimum atomic E-state index is 0.238. The molecule has 52 valence electrons. The van der Waals surface area contributed by atoms with E-state index in [4.69, 9.17) is 10.5 Å². The molecule has 2 heterocycles. The monoisotopic (exact) mass is 138 g/mol. The second-order valence-electron chi connectivity index (χ2n) is 1.89. The highest BCUT2D eigenvalue weighted by Gasteiger charge is 2.08. The van der Waals surface area contributed by atoms with Crippen LogP contribution in [0.1, 0.15) is 0 Å². The molecule has 1 aliphatic rings. The molecule has 0 saturated carbocycles. The quantitative estimate of drug-likeness (QED) is 0.535. The van der Waals surface area contributed by atoms with Gasteiger partial charge in [-0.2, -0.15) is 9.67 Å². The van der Waals surface area contributed by atoms with Gasteiger partial charge >= 0.3 is 6.01 Å². The Balaban J connectivity index is 2.53. The molecular formula is C5H6N4O. The van der Waals surface area contributed by atoms with Gasteiger partial charge in [-0.1, -0.05) is 0 Å². The molecular weight excluding hydrogens is 132 g/mol. The average molecular weight is 138 g/mol. The van der Waals surface area contributed by atoms with Crippen LogP contribution in [0.4, 0.5) is 5.95 Å². The van der Waals surface area contributed by atoms with Crippen LogP contribution >= 0.6 is 0 Å². The van der Waals surface area contributed by atoms with Gasteiger partial charge in [0.25, 0.3) is 0 Å². The third-order valence-corrected chi connectivity index (χ3v) is 1.17. The standard InChI is InChI=1S/C5H6N4O/c6-4-7-5-9(8-4)2-1-3-10-5/h1-2H,3H2,(H2,6,8). The molecule has 0 aliphatic carbocycles. The van der Waals surface area contributed by atoms with E-state index in [1.165, 1.54) is 4.68 Å². The number of nitrogens with two attached hydrogens (primary N) is 1. The van der Waals surface area contributed by atoms with E-state index in [1.54, 1.807) is 6.20 Å². The van der Waals surface area contributed by atoms with Crippen molar-refractivity contribution in [2.24, 2.45) is 0 Å². The van der Waals surface area contributed by atoms with Crippen molar-refractivity contribution in [1.29, 1.82) is 0 Å². The second kappa shape index (κ2) is 1.73. The molecule has 5 nitrogen and oxygen atoms in total. The molecule has 0 fully saturated rings. The minimum Gasteiger partial charge on any atom is -0.459 e. The Bertz CT molecular complexity index is 277. The fourth-order valence-corrected chi connectivity index (χ4v) is 0.786. The first-order valence-electron chi connectivity index (χ1n) is 2.88. The number of nitrogens with zero attached hydrogens (tertiary/aromatic N) is 3. The SMILES string of the molecule is Nc1nc2n(n1)C=CCO2. The highest BCUT2D eigenvalue weighted by molar-refractivity contribution is 5.31. The number of ether oxygens (including phenoxy) is 1. The van der Waals surface area contributed by atoms with Crippen LogP contribution < -0.4 is 10.5 Å². The van der Waals surface area contributed by atoms with E-state index >= 15 is 0 Å². The van der Waals surface area contributed by atoms with Gasteiger partial charge in [-0.05, 0) is 6.08 Å². The van der Waals surface area contributed by atoms with Crippen molar-refractivity contribution in [3.05, 3.63) is 6.08 Å². The normalized spacial score (nSPS) is 14.4. The van der Waals surface area contributed by atoms with Crippen LogP contribution in [0.2, 0.25) is 0 Å². The zero-order valence-corrected chi connectivity index (χ0v) is 5.19. The van der Waals surface area contributed by atoms with E-state index in [1.807, 2.05) is 6.08 Å².